The van der Waals surface area contributed by atoms with Crippen LogP contribution in [-0.2, 0) is 0 Å². The molecule has 1 aliphatic rings. The maximum absolute atomic E-state index is 6.32. The van der Waals surface area contributed by atoms with Gasteiger partial charge in [0, 0.05) is 24.4 Å². The van der Waals surface area contributed by atoms with Crippen LogP contribution in [0, 0.1) is 13.8 Å². The number of likely N-dealkylation sites (N-methyl/N-ethyl adjacent to an activating group) is 1. The fourth-order valence-electron chi connectivity index (χ4n) is 2.95. The Balaban J connectivity index is 2.36. The van der Waals surface area contributed by atoms with Crippen LogP contribution in [0.3, 0.4) is 0 Å². The quantitative estimate of drug-likeness (QED) is 0.723. The fraction of sp³-hybridized carbons (Fsp3) is 0.348. The van der Waals surface area contributed by atoms with E-state index in [-0.39, 0.29) is 0 Å². The Bertz CT molecular complexity index is 775. The predicted octanol–water partition coefficient (Wildman–Crippen LogP) is 5.13. The summed E-state index contributed by atoms with van der Waals surface area (Å²) in [6.07, 6.45) is 10.1. The van der Waals surface area contributed by atoms with Gasteiger partial charge in [-0.25, -0.2) is 0 Å². The maximum Gasteiger partial charge on any atom is 0.0705 e. The minimum atomic E-state index is 0.691. The monoisotopic (exact) mass is 349 g/mol. The van der Waals surface area contributed by atoms with Crippen LogP contribution >= 0.6 is 0 Å². The summed E-state index contributed by atoms with van der Waals surface area (Å²) in [6, 6.07) is 6.47. The molecule has 3 heteroatoms. The highest BCUT2D eigenvalue weighted by Gasteiger charge is 2.09. The Morgan fingerprint density at radius 3 is 2.62 bits per heavy atom. The first-order valence-electron chi connectivity index (χ1n) is 9.39. The van der Waals surface area contributed by atoms with Crippen molar-refractivity contribution in [3.63, 3.8) is 0 Å². The van der Waals surface area contributed by atoms with E-state index in [2.05, 4.69) is 75.6 Å². The lowest BCUT2D eigenvalue weighted by atomic mass is 10.0. The Labute approximate surface area is 158 Å². The molecule has 0 radical (unpaired) electrons. The summed E-state index contributed by atoms with van der Waals surface area (Å²) in [5, 5.41) is 0. The molecule has 2 N–H and O–H groups in total. The SMILES string of the molecule is C=C(C(N)=CC1=N/C(c2ccc(C)c(C)c2)=C\C=C/CC1)N(CC)CC. The molecule has 1 aromatic carbocycles. The number of aliphatic imine (C=N–C) groups is 1. The van der Waals surface area contributed by atoms with Crippen LogP contribution < -0.4 is 5.73 Å². The van der Waals surface area contributed by atoms with E-state index in [4.69, 9.17) is 10.7 Å². The zero-order valence-electron chi connectivity index (χ0n) is 16.5. The van der Waals surface area contributed by atoms with Crippen molar-refractivity contribution in [1.29, 1.82) is 0 Å². The van der Waals surface area contributed by atoms with Gasteiger partial charge in [-0.05, 0) is 69.9 Å². The summed E-state index contributed by atoms with van der Waals surface area (Å²) in [5.74, 6) is 0. The Hall–Kier alpha value is -2.55. The van der Waals surface area contributed by atoms with Gasteiger partial charge in [-0.3, -0.25) is 4.99 Å². The molecule has 0 aromatic heterocycles. The summed E-state index contributed by atoms with van der Waals surface area (Å²) in [6.45, 7) is 14.4. The molecule has 0 unspecified atom stereocenters. The van der Waals surface area contributed by atoms with Gasteiger partial charge in [0.1, 0.15) is 0 Å². The van der Waals surface area contributed by atoms with Crippen LogP contribution in [0.2, 0.25) is 0 Å². The average Bonchev–Trinajstić information content (AvgIpc) is 2.60. The van der Waals surface area contributed by atoms with Crippen molar-refractivity contribution in [2.24, 2.45) is 10.7 Å². The summed E-state index contributed by atoms with van der Waals surface area (Å²) in [4.78, 5) is 7.08. The predicted molar refractivity (Wildman–Crippen MR) is 114 cm³/mol. The van der Waals surface area contributed by atoms with Gasteiger partial charge >= 0.3 is 0 Å². The van der Waals surface area contributed by atoms with Crippen LogP contribution in [0.15, 0.2) is 65.5 Å². The van der Waals surface area contributed by atoms with Crippen LogP contribution in [0.4, 0.5) is 0 Å². The molecule has 3 nitrogen and oxygen atoms in total. The topological polar surface area (TPSA) is 41.6 Å². The smallest absolute Gasteiger partial charge is 0.0705 e. The Morgan fingerprint density at radius 2 is 1.96 bits per heavy atom. The summed E-state index contributed by atoms with van der Waals surface area (Å²) < 4.78 is 0. The number of rotatable bonds is 6. The lowest BCUT2D eigenvalue weighted by Crippen LogP contribution is -2.25. The molecule has 0 aliphatic carbocycles. The van der Waals surface area contributed by atoms with Crippen LogP contribution in [0.5, 0.6) is 0 Å². The average molecular weight is 350 g/mol. The highest BCUT2D eigenvalue weighted by molar-refractivity contribution is 5.99. The second-order valence-electron chi connectivity index (χ2n) is 6.64. The fourth-order valence-corrected chi connectivity index (χ4v) is 2.95. The van der Waals surface area contributed by atoms with Crippen LogP contribution in [0.1, 0.15) is 43.4 Å². The number of nitrogens with two attached hydrogens (primary N) is 1. The molecule has 0 amide bonds. The maximum atomic E-state index is 6.32. The van der Waals surface area contributed by atoms with Crippen LogP contribution in [0.25, 0.3) is 5.70 Å². The first-order valence-corrected chi connectivity index (χ1v) is 9.39. The number of aryl methyl sites for hydroxylation is 2. The van der Waals surface area contributed by atoms with Gasteiger partial charge in [-0.1, -0.05) is 30.9 Å². The molecule has 1 aliphatic heterocycles. The van der Waals surface area contributed by atoms with E-state index < -0.39 is 0 Å². The molecule has 26 heavy (non-hydrogen) atoms. The lowest BCUT2D eigenvalue weighted by Gasteiger charge is -2.23. The first-order chi connectivity index (χ1) is 12.5. The van der Waals surface area contributed by atoms with Gasteiger partial charge in [-0.2, -0.15) is 0 Å². The Kier molecular flexibility index (Phi) is 7.02. The lowest BCUT2D eigenvalue weighted by molar-refractivity contribution is 0.390. The second kappa shape index (κ2) is 9.23. The molecule has 2 rings (SSSR count). The van der Waals surface area contributed by atoms with Gasteiger partial charge in [0.25, 0.3) is 0 Å². The van der Waals surface area contributed by atoms with Crippen molar-refractivity contribution in [2.45, 2.75) is 40.5 Å². The van der Waals surface area contributed by atoms with Gasteiger partial charge in [0.15, 0.2) is 0 Å². The van der Waals surface area contributed by atoms with E-state index in [0.717, 1.165) is 48.6 Å². The third-order valence-corrected chi connectivity index (χ3v) is 4.82. The van der Waals surface area contributed by atoms with Crippen molar-refractivity contribution in [3.05, 3.63) is 77.2 Å². The third-order valence-electron chi connectivity index (χ3n) is 4.82. The van der Waals surface area contributed by atoms with E-state index in [0.29, 0.717) is 5.70 Å². The molecular weight excluding hydrogens is 318 g/mol. The summed E-state index contributed by atoms with van der Waals surface area (Å²) in [7, 11) is 0. The summed E-state index contributed by atoms with van der Waals surface area (Å²) >= 11 is 0. The molecule has 0 saturated heterocycles. The normalized spacial score (nSPS) is 18.2. The standard InChI is InChI=1S/C23H31N3/c1-6-26(7-2)19(5)22(24)16-21-11-9-8-10-12-23(25-21)20-14-13-17(3)18(4)15-20/h8,10,12-16H,5-7,9,11,24H2,1-4H3/b10-8-,22-16?,23-12-,25-21?. The van der Waals surface area contributed by atoms with Gasteiger partial charge in [0.05, 0.1) is 17.1 Å². The number of hydrogen-bond donors (Lipinski definition) is 1. The van der Waals surface area contributed by atoms with Gasteiger partial charge < -0.3 is 10.6 Å². The van der Waals surface area contributed by atoms with Crippen molar-refractivity contribution >= 4 is 11.4 Å². The third kappa shape index (κ3) is 4.98. The number of benzene rings is 1. The Morgan fingerprint density at radius 1 is 1.23 bits per heavy atom. The highest BCUT2D eigenvalue weighted by Crippen LogP contribution is 2.22. The molecule has 0 saturated carbocycles. The minimum Gasteiger partial charge on any atom is -0.397 e. The first kappa shape index (κ1) is 19.8. The number of hydrogen-bond acceptors (Lipinski definition) is 3. The van der Waals surface area contributed by atoms with Crippen LogP contribution in [-0.4, -0.2) is 23.7 Å². The van der Waals surface area contributed by atoms with Crippen molar-refractivity contribution in [2.75, 3.05) is 13.1 Å². The van der Waals surface area contributed by atoms with Crippen molar-refractivity contribution in [1.82, 2.24) is 4.90 Å². The van der Waals surface area contributed by atoms with Gasteiger partial charge in [0.2, 0.25) is 0 Å². The van der Waals surface area contributed by atoms with E-state index >= 15 is 0 Å². The molecule has 0 spiro atoms. The van der Waals surface area contributed by atoms with Crippen molar-refractivity contribution in [3.8, 4) is 0 Å². The second-order valence-corrected chi connectivity index (χ2v) is 6.64. The zero-order valence-corrected chi connectivity index (χ0v) is 16.5. The van der Waals surface area contributed by atoms with Crippen molar-refractivity contribution < 1.29 is 0 Å². The molecular formula is C23H31N3. The molecule has 0 bridgehead atoms. The molecule has 0 fully saturated rings. The number of allylic oxidation sites excluding steroid dienone is 4. The van der Waals surface area contributed by atoms with E-state index in [1.54, 1.807) is 0 Å². The van der Waals surface area contributed by atoms with E-state index in [1.165, 1.54) is 11.1 Å². The molecule has 138 valence electrons. The van der Waals surface area contributed by atoms with E-state index in [9.17, 15) is 0 Å². The number of nitrogens with zero attached hydrogens (tertiary/aromatic N) is 2. The highest BCUT2D eigenvalue weighted by atomic mass is 15.1. The molecule has 1 aromatic rings. The van der Waals surface area contributed by atoms with Gasteiger partial charge in [-0.15, -0.1) is 0 Å². The zero-order chi connectivity index (χ0) is 19.1. The van der Waals surface area contributed by atoms with E-state index in [1.807, 2.05) is 6.08 Å². The molecule has 0 atom stereocenters. The summed E-state index contributed by atoms with van der Waals surface area (Å²) in [5.41, 5.74) is 13.5. The molecule has 1 heterocycles. The largest absolute Gasteiger partial charge is 0.397 e. The minimum absolute atomic E-state index is 0.691.